The Balaban J connectivity index is 1.99. The number of nitrogens with one attached hydrogen (secondary N) is 1. The lowest BCUT2D eigenvalue weighted by Crippen LogP contribution is -2.43. The van der Waals surface area contributed by atoms with E-state index in [-0.39, 0.29) is 18.1 Å². The molecule has 4 heteroatoms. The van der Waals surface area contributed by atoms with Gasteiger partial charge in [-0.25, -0.2) is 0 Å². The molecule has 0 bridgehead atoms. The van der Waals surface area contributed by atoms with Crippen molar-refractivity contribution in [2.24, 2.45) is 0 Å². The van der Waals surface area contributed by atoms with E-state index in [4.69, 9.17) is 4.74 Å². The van der Waals surface area contributed by atoms with E-state index in [9.17, 15) is 4.79 Å². The average molecular weight is 276 g/mol. The maximum absolute atomic E-state index is 12.6. The van der Waals surface area contributed by atoms with Gasteiger partial charge in [0, 0.05) is 26.7 Å². The third-order valence-corrected chi connectivity index (χ3v) is 3.74. The van der Waals surface area contributed by atoms with Crippen LogP contribution in [0, 0.1) is 0 Å². The molecule has 4 nitrogen and oxygen atoms in total. The third kappa shape index (κ3) is 3.81. The van der Waals surface area contributed by atoms with Crippen molar-refractivity contribution in [2.45, 2.75) is 38.5 Å². The first-order chi connectivity index (χ1) is 9.74. The van der Waals surface area contributed by atoms with Gasteiger partial charge in [0.2, 0.25) is 5.91 Å². The van der Waals surface area contributed by atoms with E-state index in [0.717, 1.165) is 25.9 Å². The Kier molecular flexibility index (Phi) is 5.56. The summed E-state index contributed by atoms with van der Waals surface area (Å²) in [5, 5.41) is 3.27. The molecule has 2 unspecified atom stereocenters. The fourth-order valence-electron chi connectivity index (χ4n) is 2.63. The summed E-state index contributed by atoms with van der Waals surface area (Å²) >= 11 is 0. The van der Waals surface area contributed by atoms with E-state index < -0.39 is 0 Å². The van der Waals surface area contributed by atoms with Crippen molar-refractivity contribution in [3.63, 3.8) is 0 Å². The highest BCUT2D eigenvalue weighted by atomic mass is 16.5. The fraction of sp³-hybridized carbons (Fsp3) is 0.562. The molecule has 1 amide bonds. The van der Waals surface area contributed by atoms with Crippen molar-refractivity contribution in [2.75, 3.05) is 20.2 Å². The van der Waals surface area contributed by atoms with Gasteiger partial charge in [-0.15, -0.1) is 0 Å². The minimum absolute atomic E-state index is 0.102. The molecule has 1 aliphatic rings. The first kappa shape index (κ1) is 15.0. The number of ether oxygens (including phenoxy) is 1. The predicted octanol–water partition coefficient (Wildman–Crippen LogP) is 1.80. The molecule has 0 spiro atoms. The van der Waals surface area contributed by atoms with Gasteiger partial charge >= 0.3 is 0 Å². The number of amides is 1. The maximum Gasteiger partial charge on any atom is 0.240 e. The van der Waals surface area contributed by atoms with E-state index in [1.54, 1.807) is 7.11 Å². The van der Waals surface area contributed by atoms with Gasteiger partial charge in [-0.05, 0) is 18.4 Å². The molecule has 1 fully saturated rings. The second-order valence-corrected chi connectivity index (χ2v) is 5.30. The molecule has 0 aromatic heterocycles. The molecular weight excluding hydrogens is 252 g/mol. The average Bonchev–Trinajstić information content (AvgIpc) is 2.96. The van der Waals surface area contributed by atoms with Crippen LogP contribution in [-0.4, -0.2) is 43.2 Å². The highest BCUT2D eigenvalue weighted by molar-refractivity contribution is 5.82. The summed E-state index contributed by atoms with van der Waals surface area (Å²) in [6.45, 7) is 4.34. The van der Waals surface area contributed by atoms with Gasteiger partial charge < -0.3 is 15.0 Å². The minimum Gasteiger partial charge on any atom is -0.380 e. The summed E-state index contributed by atoms with van der Waals surface area (Å²) in [6.07, 6.45) is 1.90. The smallest absolute Gasteiger partial charge is 0.240 e. The fourth-order valence-corrected chi connectivity index (χ4v) is 2.63. The van der Waals surface area contributed by atoms with Gasteiger partial charge in [-0.1, -0.05) is 37.3 Å². The van der Waals surface area contributed by atoms with Crippen LogP contribution < -0.4 is 5.32 Å². The molecule has 0 radical (unpaired) electrons. The van der Waals surface area contributed by atoms with E-state index in [0.29, 0.717) is 6.54 Å². The molecule has 110 valence electrons. The third-order valence-electron chi connectivity index (χ3n) is 3.74. The molecule has 0 saturated carbocycles. The highest BCUT2D eigenvalue weighted by Gasteiger charge is 2.31. The van der Waals surface area contributed by atoms with Crippen molar-refractivity contribution in [3.05, 3.63) is 35.9 Å². The quantitative estimate of drug-likeness (QED) is 0.861. The number of carbonyl (C=O) groups is 1. The number of nitrogens with zero attached hydrogens (tertiary/aromatic N) is 1. The lowest BCUT2D eigenvalue weighted by Gasteiger charge is -2.25. The normalized spacial score (nSPS) is 21.9. The summed E-state index contributed by atoms with van der Waals surface area (Å²) in [6, 6.07) is 10.1. The Bertz CT molecular complexity index is 422. The molecule has 1 aromatic rings. The second-order valence-electron chi connectivity index (χ2n) is 5.30. The van der Waals surface area contributed by atoms with Crippen LogP contribution in [0.25, 0.3) is 0 Å². The second kappa shape index (κ2) is 7.41. The van der Waals surface area contributed by atoms with E-state index in [1.807, 2.05) is 23.1 Å². The molecule has 1 heterocycles. The number of benzene rings is 1. The van der Waals surface area contributed by atoms with E-state index in [1.165, 1.54) is 5.56 Å². The minimum atomic E-state index is -0.102. The van der Waals surface area contributed by atoms with Crippen molar-refractivity contribution in [1.82, 2.24) is 10.2 Å². The van der Waals surface area contributed by atoms with Gasteiger partial charge in [-0.2, -0.15) is 0 Å². The van der Waals surface area contributed by atoms with Gasteiger partial charge in [0.15, 0.2) is 0 Å². The van der Waals surface area contributed by atoms with Gasteiger partial charge in [0.25, 0.3) is 0 Å². The van der Waals surface area contributed by atoms with Crippen molar-refractivity contribution < 1.29 is 9.53 Å². The van der Waals surface area contributed by atoms with Crippen LogP contribution in [0.1, 0.15) is 25.3 Å². The topological polar surface area (TPSA) is 41.6 Å². The van der Waals surface area contributed by atoms with Crippen LogP contribution in [0.15, 0.2) is 30.3 Å². The zero-order chi connectivity index (χ0) is 14.4. The van der Waals surface area contributed by atoms with Gasteiger partial charge in [-0.3, -0.25) is 4.79 Å². The van der Waals surface area contributed by atoms with Crippen LogP contribution in [0.2, 0.25) is 0 Å². The highest BCUT2D eigenvalue weighted by Crippen LogP contribution is 2.14. The summed E-state index contributed by atoms with van der Waals surface area (Å²) in [5.74, 6) is 0.190. The molecule has 20 heavy (non-hydrogen) atoms. The summed E-state index contributed by atoms with van der Waals surface area (Å²) in [7, 11) is 1.70. The predicted molar refractivity (Wildman–Crippen MR) is 79.4 cm³/mol. The largest absolute Gasteiger partial charge is 0.380 e. The zero-order valence-corrected chi connectivity index (χ0v) is 12.3. The number of hydrogen-bond acceptors (Lipinski definition) is 3. The lowest BCUT2D eigenvalue weighted by atomic mass is 10.1. The first-order valence-corrected chi connectivity index (χ1v) is 7.33. The molecule has 2 rings (SSSR count). The Hall–Kier alpha value is -1.39. The van der Waals surface area contributed by atoms with Crippen LogP contribution in [0.3, 0.4) is 0 Å². The molecule has 2 atom stereocenters. The van der Waals surface area contributed by atoms with Crippen LogP contribution in [0.4, 0.5) is 0 Å². The Morgan fingerprint density at radius 1 is 1.40 bits per heavy atom. The van der Waals surface area contributed by atoms with Crippen molar-refractivity contribution >= 4 is 5.91 Å². The van der Waals surface area contributed by atoms with E-state index >= 15 is 0 Å². The number of carbonyl (C=O) groups excluding carboxylic acids is 1. The molecule has 1 saturated heterocycles. The summed E-state index contributed by atoms with van der Waals surface area (Å²) in [5.41, 5.74) is 1.18. The first-order valence-electron chi connectivity index (χ1n) is 7.33. The SMILES string of the molecule is CCCN(Cc1ccccc1)C(=O)C1CC(OC)CN1. The Morgan fingerprint density at radius 2 is 2.15 bits per heavy atom. The van der Waals surface area contributed by atoms with Gasteiger partial charge in [0.1, 0.15) is 0 Å². The van der Waals surface area contributed by atoms with E-state index in [2.05, 4.69) is 24.4 Å². The zero-order valence-electron chi connectivity index (χ0n) is 12.3. The molecular formula is C16H24N2O2. The Labute approximate surface area is 121 Å². The number of methoxy groups -OCH3 is 1. The molecule has 0 aliphatic carbocycles. The van der Waals surface area contributed by atoms with Crippen molar-refractivity contribution in [3.8, 4) is 0 Å². The van der Waals surface area contributed by atoms with Crippen molar-refractivity contribution in [1.29, 1.82) is 0 Å². The standard InChI is InChI=1S/C16H24N2O2/c1-3-9-18(12-13-7-5-4-6-8-13)16(19)15-10-14(20-2)11-17-15/h4-8,14-15,17H,3,9-12H2,1-2H3. The number of hydrogen-bond donors (Lipinski definition) is 1. The monoisotopic (exact) mass is 276 g/mol. The molecule has 1 aliphatic heterocycles. The van der Waals surface area contributed by atoms with Crippen LogP contribution >= 0.6 is 0 Å². The molecule has 1 aromatic carbocycles. The maximum atomic E-state index is 12.6. The number of rotatable bonds is 6. The summed E-state index contributed by atoms with van der Waals surface area (Å²) < 4.78 is 5.32. The van der Waals surface area contributed by atoms with Crippen LogP contribution in [-0.2, 0) is 16.1 Å². The van der Waals surface area contributed by atoms with Gasteiger partial charge in [0.05, 0.1) is 12.1 Å². The molecule has 1 N–H and O–H groups in total. The summed E-state index contributed by atoms with van der Waals surface area (Å²) in [4.78, 5) is 14.6. The van der Waals surface area contributed by atoms with Crippen LogP contribution in [0.5, 0.6) is 0 Å². The lowest BCUT2D eigenvalue weighted by molar-refractivity contribution is -0.133. The Morgan fingerprint density at radius 3 is 2.75 bits per heavy atom.